The number of nitrogens with two attached hydrogens (primary N) is 1. The zero-order chi connectivity index (χ0) is 20.8. The largest absolute Gasteiger partial charge is 0.397 e. The van der Waals surface area contributed by atoms with Crippen LogP contribution < -0.4 is 16.4 Å². The minimum absolute atomic E-state index is 0.113. The third-order valence-corrected chi connectivity index (χ3v) is 3.88. The van der Waals surface area contributed by atoms with Crippen molar-refractivity contribution in [1.82, 2.24) is 14.8 Å². The van der Waals surface area contributed by atoms with Crippen molar-refractivity contribution in [1.29, 1.82) is 0 Å². The molecule has 0 spiro atoms. The van der Waals surface area contributed by atoms with E-state index in [0.717, 1.165) is 11.6 Å². The van der Waals surface area contributed by atoms with Gasteiger partial charge in [-0.05, 0) is 30.3 Å². The van der Waals surface area contributed by atoms with Crippen molar-refractivity contribution >= 4 is 35.0 Å². The summed E-state index contributed by atoms with van der Waals surface area (Å²) in [5, 5.41) is 9.30. The highest BCUT2D eigenvalue weighted by Crippen LogP contribution is 2.20. The van der Waals surface area contributed by atoms with Gasteiger partial charge < -0.3 is 16.4 Å². The molecule has 1 aromatic carbocycles. The number of nitrogens with zero attached hydrogens (tertiary/aromatic N) is 3. The Hall–Kier alpha value is -4.01. The summed E-state index contributed by atoms with van der Waals surface area (Å²) in [5.74, 6) is -1.21. The van der Waals surface area contributed by atoms with Gasteiger partial charge in [0.25, 0.3) is 5.91 Å². The highest BCUT2D eigenvalue weighted by Gasteiger charge is 2.10. The Bertz CT molecular complexity index is 1060. The van der Waals surface area contributed by atoms with Crippen LogP contribution in [-0.4, -0.2) is 26.6 Å². The molecule has 0 aliphatic rings. The van der Waals surface area contributed by atoms with Crippen molar-refractivity contribution < 1.29 is 14.0 Å². The van der Waals surface area contributed by atoms with Crippen LogP contribution in [0.1, 0.15) is 22.5 Å². The van der Waals surface area contributed by atoms with E-state index < -0.39 is 11.7 Å². The number of nitrogen functional groups attached to an aromatic ring is 1. The predicted molar refractivity (Wildman–Crippen MR) is 108 cm³/mol. The van der Waals surface area contributed by atoms with Gasteiger partial charge in [-0.1, -0.05) is 12.2 Å². The summed E-state index contributed by atoms with van der Waals surface area (Å²) in [4.78, 5) is 28.3. The Morgan fingerprint density at radius 2 is 2.03 bits per heavy atom. The van der Waals surface area contributed by atoms with E-state index >= 15 is 0 Å². The Morgan fingerprint density at radius 3 is 2.69 bits per heavy atom. The van der Waals surface area contributed by atoms with Crippen molar-refractivity contribution in [2.75, 3.05) is 16.4 Å². The van der Waals surface area contributed by atoms with Crippen LogP contribution in [-0.2, 0) is 11.8 Å². The second-order valence-corrected chi connectivity index (χ2v) is 6.22. The molecule has 2 aromatic heterocycles. The molecule has 2 amide bonds. The van der Waals surface area contributed by atoms with Crippen molar-refractivity contribution in [2.45, 2.75) is 6.42 Å². The number of carbonyl (C=O) groups is 2. The number of carbonyl (C=O) groups excluding carboxylic acids is 2. The van der Waals surface area contributed by atoms with Crippen LogP contribution in [0.3, 0.4) is 0 Å². The normalized spacial score (nSPS) is 10.8. The smallest absolute Gasteiger partial charge is 0.274 e. The maximum Gasteiger partial charge on any atom is 0.274 e. The molecule has 3 rings (SSSR count). The summed E-state index contributed by atoms with van der Waals surface area (Å²) in [5.41, 5.74) is 7.56. The van der Waals surface area contributed by atoms with Gasteiger partial charge in [0.2, 0.25) is 5.91 Å². The molecule has 2 heterocycles. The molecule has 0 saturated carbocycles. The number of hydrogen-bond donors (Lipinski definition) is 3. The second kappa shape index (κ2) is 8.79. The summed E-state index contributed by atoms with van der Waals surface area (Å²) in [7, 11) is 1.82. The average molecular weight is 394 g/mol. The van der Waals surface area contributed by atoms with E-state index in [-0.39, 0.29) is 29.4 Å². The molecule has 8 nitrogen and oxygen atoms in total. The van der Waals surface area contributed by atoms with Crippen molar-refractivity contribution in [3.63, 3.8) is 0 Å². The molecular weight excluding hydrogens is 375 g/mol. The lowest BCUT2D eigenvalue weighted by molar-refractivity contribution is -0.115. The minimum Gasteiger partial charge on any atom is -0.397 e. The van der Waals surface area contributed by atoms with E-state index in [1.165, 1.54) is 24.4 Å². The lowest BCUT2D eigenvalue weighted by Crippen LogP contribution is -2.15. The van der Waals surface area contributed by atoms with Gasteiger partial charge in [-0.2, -0.15) is 5.10 Å². The van der Waals surface area contributed by atoms with Gasteiger partial charge in [-0.25, -0.2) is 9.37 Å². The van der Waals surface area contributed by atoms with Crippen LogP contribution in [0.2, 0.25) is 0 Å². The maximum absolute atomic E-state index is 13.1. The van der Waals surface area contributed by atoms with Crippen molar-refractivity contribution in [3.8, 4) is 0 Å². The van der Waals surface area contributed by atoms with Crippen LogP contribution in [0.4, 0.5) is 21.5 Å². The number of anilines is 3. The summed E-state index contributed by atoms with van der Waals surface area (Å²) in [6, 6.07) is 6.72. The number of halogens is 1. The maximum atomic E-state index is 13.1. The standard InChI is InChI=1S/C20H19FN6O2/c1-27-12-13(10-24-27)3-2-4-19(28)25-15-6-8-18(23-11-15)20(29)26-17-7-5-14(21)9-16(17)22/h2-3,5-12H,4,22H2,1H3,(H,25,28)(H,26,29)/b3-2+. The number of hydrogen-bond acceptors (Lipinski definition) is 5. The van der Waals surface area contributed by atoms with E-state index in [2.05, 4.69) is 20.7 Å². The number of aryl methyl sites for hydroxylation is 1. The number of pyridine rings is 1. The molecule has 0 unspecified atom stereocenters. The van der Waals surface area contributed by atoms with Crippen LogP contribution in [0.25, 0.3) is 6.08 Å². The Kier molecular flexibility index (Phi) is 5.98. The molecule has 0 bridgehead atoms. The van der Waals surface area contributed by atoms with Crippen molar-refractivity contribution in [2.24, 2.45) is 7.05 Å². The quantitative estimate of drug-likeness (QED) is 0.556. The third-order valence-electron chi connectivity index (χ3n) is 3.88. The Labute approximate surface area is 166 Å². The lowest BCUT2D eigenvalue weighted by atomic mass is 10.2. The molecule has 0 atom stereocenters. The van der Waals surface area contributed by atoms with E-state index in [9.17, 15) is 14.0 Å². The Balaban J connectivity index is 1.54. The molecule has 4 N–H and O–H groups in total. The first-order valence-corrected chi connectivity index (χ1v) is 8.68. The van der Waals surface area contributed by atoms with Crippen LogP contribution >= 0.6 is 0 Å². The zero-order valence-electron chi connectivity index (χ0n) is 15.6. The van der Waals surface area contributed by atoms with E-state index in [0.29, 0.717) is 5.69 Å². The minimum atomic E-state index is -0.499. The number of nitrogens with one attached hydrogen (secondary N) is 2. The summed E-state index contributed by atoms with van der Waals surface area (Å²) >= 11 is 0. The molecular formula is C20H19FN6O2. The fraction of sp³-hybridized carbons (Fsp3) is 0.100. The highest BCUT2D eigenvalue weighted by molar-refractivity contribution is 6.04. The number of rotatable bonds is 6. The summed E-state index contributed by atoms with van der Waals surface area (Å²) in [6.07, 6.45) is 8.63. The molecule has 3 aromatic rings. The fourth-order valence-electron chi connectivity index (χ4n) is 2.48. The number of benzene rings is 1. The van der Waals surface area contributed by atoms with Gasteiger partial charge in [-0.15, -0.1) is 0 Å². The predicted octanol–water partition coefficient (Wildman–Crippen LogP) is 2.83. The highest BCUT2D eigenvalue weighted by atomic mass is 19.1. The van der Waals surface area contributed by atoms with Gasteiger partial charge in [0, 0.05) is 25.2 Å². The van der Waals surface area contributed by atoms with E-state index in [1.54, 1.807) is 29.1 Å². The molecule has 0 aliphatic carbocycles. The molecule has 0 radical (unpaired) electrons. The number of amides is 2. The first kappa shape index (κ1) is 19.7. The van der Waals surface area contributed by atoms with Gasteiger partial charge in [0.1, 0.15) is 11.5 Å². The average Bonchev–Trinajstić information content (AvgIpc) is 3.09. The van der Waals surface area contributed by atoms with E-state index in [1.807, 2.05) is 13.2 Å². The van der Waals surface area contributed by atoms with Crippen LogP contribution in [0, 0.1) is 5.82 Å². The zero-order valence-corrected chi connectivity index (χ0v) is 15.6. The van der Waals surface area contributed by atoms with Gasteiger partial charge in [0.15, 0.2) is 0 Å². The molecule has 0 saturated heterocycles. The lowest BCUT2D eigenvalue weighted by Gasteiger charge is -2.08. The Morgan fingerprint density at radius 1 is 1.21 bits per heavy atom. The topological polar surface area (TPSA) is 115 Å². The fourth-order valence-corrected chi connectivity index (χ4v) is 2.48. The van der Waals surface area contributed by atoms with Crippen LogP contribution in [0.5, 0.6) is 0 Å². The van der Waals surface area contributed by atoms with Crippen LogP contribution in [0.15, 0.2) is 55.0 Å². The van der Waals surface area contributed by atoms with Gasteiger partial charge in [-0.3, -0.25) is 14.3 Å². The first-order chi connectivity index (χ1) is 13.9. The second-order valence-electron chi connectivity index (χ2n) is 6.22. The first-order valence-electron chi connectivity index (χ1n) is 8.68. The summed E-state index contributed by atoms with van der Waals surface area (Å²) in [6.45, 7) is 0. The number of aromatic nitrogens is 3. The molecule has 148 valence electrons. The molecule has 0 fully saturated rings. The molecule has 9 heteroatoms. The summed E-state index contributed by atoms with van der Waals surface area (Å²) < 4.78 is 14.7. The third kappa shape index (κ3) is 5.48. The van der Waals surface area contributed by atoms with E-state index in [4.69, 9.17) is 5.73 Å². The molecule has 0 aliphatic heterocycles. The van der Waals surface area contributed by atoms with Gasteiger partial charge in [0.05, 0.1) is 29.5 Å². The van der Waals surface area contributed by atoms with Crippen molar-refractivity contribution in [3.05, 3.63) is 72.1 Å². The van der Waals surface area contributed by atoms with Gasteiger partial charge >= 0.3 is 0 Å². The SMILES string of the molecule is Cn1cc(/C=C/CC(=O)Nc2ccc(C(=O)Nc3ccc(F)cc3N)nc2)cn1. The molecule has 29 heavy (non-hydrogen) atoms. The monoisotopic (exact) mass is 394 g/mol.